The molecule has 0 aromatic rings. The van der Waals surface area contributed by atoms with E-state index >= 15 is 0 Å². The van der Waals surface area contributed by atoms with Gasteiger partial charge in [-0.15, -0.1) is 0 Å². The van der Waals surface area contributed by atoms with Crippen molar-refractivity contribution in [2.45, 2.75) is 12.5 Å². The van der Waals surface area contributed by atoms with Gasteiger partial charge in [0.05, 0.1) is 25.7 Å². The molecular formula is C8H12O4. The largest absolute Gasteiger partial charge is 0.481 e. The van der Waals surface area contributed by atoms with Gasteiger partial charge in [0.15, 0.2) is 0 Å². The monoisotopic (exact) mass is 172 g/mol. The van der Waals surface area contributed by atoms with E-state index in [0.717, 1.165) is 6.42 Å². The summed E-state index contributed by atoms with van der Waals surface area (Å²) in [5.41, 5.74) is 0. The van der Waals surface area contributed by atoms with Gasteiger partial charge in [0.1, 0.15) is 6.10 Å². The van der Waals surface area contributed by atoms with Gasteiger partial charge in [0.25, 0.3) is 0 Å². The average Bonchev–Trinajstić information content (AvgIpc) is 2.63. The Morgan fingerprint density at radius 2 is 2.33 bits per heavy atom. The van der Waals surface area contributed by atoms with Crippen molar-refractivity contribution < 1.29 is 19.4 Å². The highest BCUT2D eigenvalue weighted by atomic mass is 16.6. The number of carboxylic acid groups (broad SMARTS) is 1. The minimum Gasteiger partial charge on any atom is -0.481 e. The molecule has 12 heavy (non-hydrogen) atoms. The number of hydrogen-bond acceptors (Lipinski definition) is 3. The molecule has 0 spiro atoms. The fourth-order valence-electron chi connectivity index (χ4n) is 1.30. The highest BCUT2D eigenvalue weighted by Crippen LogP contribution is 2.39. The molecule has 0 bridgehead atoms. The topological polar surface area (TPSA) is 55.8 Å². The second kappa shape index (κ2) is 3.03. The maximum absolute atomic E-state index is 10.4. The van der Waals surface area contributed by atoms with Gasteiger partial charge in [0, 0.05) is 0 Å². The standard InChI is InChI=1S/C8H12O4/c9-8(10)7-1-5(7)2-12-6-3-11-4-6/h5-7H,1-4H2,(H,9,10). The van der Waals surface area contributed by atoms with Crippen LogP contribution in [0.3, 0.4) is 0 Å². The van der Waals surface area contributed by atoms with Gasteiger partial charge >= 0.3 is 5.97 Å². The van der Waals surface area contributed by atoms with E-state index in [2.05, 4.69) is 0 Å². The second-order valence-electron chi connectivity index (χ2n) is 3.43. The van der Waals surface area contributed by atoms with Crippen LogP contribution in [0.5, 0.6) is 0 Å². The lowest BCUT2D eigenvalue weighted by molar-refractivity contribution is -0.142. The summed E-state index contributed by atoms with van der Waals surface area (Å²) in [6.07, 6.45) is 1.00. The van der Waals surface area contributed by atoms with E-state index in [9.17, 15) is 4.79 Å². The van der Waals surface area contributed by atoms with E-state index in [1.165, 1.54) is 0 Å². The van der Waals surface area contributed by atoms with Crippen molar-refractivity contribution in [3.05, 3.63) is 0 Å². The van der Waals surface area contributed by atoms with Crippen LogP contribution in [0.2, 0.25) is 0 Å². The van der Waals surface area contributed by atoms with Crippen molar-refractivity contribution in [2.24, 2.45) is 11.8 Å². The third kappa shape index (κ3) is 1.59. The number of hydrogen-bond donors (Lipinski definition) is 1. The molecular weight excluding hydrogens is 160 g/mol. The molecule has 1 aliphatic carbocycles. The minimum absolute atomic E-state index is 0.147. The minimum atomic E-state index is -0.687. The van der Waals surface area contributed by atoms with Gasteiger partial charge in [-0.2, -0.15) is 0 Å². The maximum atomic E-state index is 10.4. The molecule has 4 nitrogen and oxygen atoms in total. The molecule has 4 heteroatoms. The van der Waals surface area contributed by atoms with Crippen molar-refractivity contribution in [2.75, 3.05) is 19.8 Å². The van der Waals surface area contributed by atoms with Crippen LogP contribution in [0.25, 0.3) is 0 Å². The fourth-order valence-corrected chi connectivity index (χ4v) is 1.30. The molecule has 1 saturated heterocycles. The van der Waals surface area contributed by atoms with E-state index in [-0.39, 0.29) is 17.9 Å². The van der Waals surface area contributed by atoms with Gasteiger partial charge in [-0.25, -0.2) is 0 Å². The Kier molecular flexibility index (Phi) is 2.02. The van der Waals surface area contributed by atoms with Crippen LogP contribution in [0.1, 0.15) is 6.42 Å². The first-order chi connectivity index (χ1) is 5.77. The molecule has 1 N–H and O–H groups in total. The highest BCUT2D eigenvalue weighted by molar-refractivity contribution is 5.73. The average molecular weight is 172 g/mol. The Labute approximate surface area is 70.5 Å². The van der Waals surface area contributed by atoms with Crippen molar-refractivity contribution in [3.63, 3.8) is 0 Å². The van der Waals surface area contributed by atoms with Gasteiger partial charge in [0.2, 0.25) is 0 Å². The Bertz CT molecular complexity index is 187. The molecule has 0 radical (unpaired) electrons. The maximum Gasteiger partial charge on any atom is 0.306 e. The van der Waals surface area contributed by atoms with Crippen molar-refractivity contribution in [3.8, 4) is 0 Å². The number of rotatable bonds is 4. The number of carbonyl (C=O) groups is 1. The Morgan fingerprint density at radius 3 is 2.75 bits per heavy atom. The lowest BCUT2D eigenvalue weighted by Gasteiger charge is -2.25. The molecule has 2 unspecified atom stereocenters. The molecule has 0 aromatic heterocycles. The number of aliphatic carboxylic acids is 1. The summed E-state index contributed by atoms with van der Waals surface area (Å²) in [6, 6.07) is 0. The summed E-state index contributed by atoms with van der Waals surface area (Å²) in [5.74, 6) is -0.581. The van der Waals surface area contributed by atoms with E-state index < -0.39 is 5.97 Å². The van der Waals surface area contributed by atoms with Crippen LogP contribution < -0.4 is 0 Å². The molecule has 2 fully saturated rings. The zero-order chi connectivity index (χ0) is 8.55. The zero-order valence-corrected chi connectivity index (χ0v) is 6.73. The lowest BCUT2D eigenvalue weighted by Crippen LogP contribution is -2.36. The van der Waals surface area contributed by atoms with Crippen LogP contribution >= 0.6 is 0 Å². The van der Waals surface area contributed by atoms with Crippen LogP contribution in [-0.4, -0.2) is 37.0 Å². The molecule has 68 valence electrons. The molecule has 2 atom stereocenters. The number of ether oxygens (including phenoxy) is 2. The third-order valence-corrected chi connectivity index (χ3v) is 2.39. The Balaban J connectivity index is 1.60. The second-order valence-corrected chi connectivity index (χ2v) is 3.43. The highest BCUT2D eigenvalue weighted by Gasteiger charge is 2.43. The van der Waals surface area contributed by atoms with Gasteiger partial charge in [-0.3, -0.25) is 4.79 Å². The summed E-state index contributed by atoms with van der Waals surface area (Å²) >= 11 is 0. The van der Waals surface area contributed by atoms with Crippen molar-refractivity contribution in [1.82, 2.24) is 0 Å². The third-order valence-electron chi connectivity index (χ3n) is 2.39. The zero-order valence-electron chi connectivity index (χ0n) is 6.73. The summed E-state index contributed by atoms with van der Waals surface area (Å²) in [5, 5.41) is 8.58. The summed E-state index contributed by atoms with van der Waals surface area (Å²) in [6.45, 7) is 1.93. The Morgan fingerprint density at radius 1 is 1.58 bits per heavy atom. The van der Waals surface area contributed by atoms with Gasteiger partial charge in [-0.1, -0.05) is 0 Å². The summed E-state index contributed by atoms with van der Waals surface area (Å²) in [7, 11) is 0. The predicted molar refractivity (Wildman–Crippen MR) is 39.8 cm³/mol. The van der Waals surface area contributed by atoms with E-state index in [0.29, 0.717) is 19.8 Å². The molecule has 0 amide bonds. The van der Waals surface area contributed by atoms with Crippen molar-refractivity contribution in [1.29, 1.82) is 0 Å². The fraction of sp³-hybridized carbons (Fsp3) is 0.875. The first-order valence-electron chi connectivity index (χ1n) is 4.19. The SMILES string of the molecule is O=C(O)C1CC1COC1COC1. The molecule has 1 heterocycles. The molecule has 2 rings (SSSR count). The van der Waals surface area contributed by atoms with Crippen LogP contribution in [0, 0.1) is 11.8 Å². The smallest absolute Gasteiger partial charge is 0.306 e. The molecule has 2 aliphatic rings. The van der Waals surface area contributed by atoms with Gasteiger partial charge < -0.3 is 14.6 Å². The Hall–Kier alpha value is -0.610. The van der Waals surface area contributed by atoms with Crippen LogP contribution in [-0.2, 0) is 14.3 Å². The van der Waals surface area contributed by atoms with E-state index in [4.69, 9.17) is 14.6 Å². The summed E-state index contributed by atoms with van der Waals surface area (Å²) < 4.78 is 10.3. The quantitative estimate of drug-likeness (QED) is 0.654. The molecule has 1 aliphatic heterocycles. The van der Waals surface area contributed by atoms with E-state index in [1.807, 2.05) is 0 Å². The normalized spacial score (nSPS) is 34.3. The summed E-state index contributed by atoms with van der Waals surface area (Å²) in [4.78, 5) is 10.4. The van der Waals surface area contributed by atoms with Crippen LogP contribution in [0.15, 0.2) is 0 Å². The number of carboxylic acids is 1. The van der Waals surface area contributed by atoms with Crippen LogP contribution in [0.4, 0.5) is 0 Å². The van der Waals surface area contributed by atoms with E-state index in [1.54, 1.807) is 0 Å². The first kappa shape index (κ1) is 8.01. The lowest BCUT2D eigenvalue weighted by atomic mass is 10.3. The van der Waals surface area contributed by atoms with Gasteiger partial charge in [-0.05, 0) is 12.3 Å². The van der Waals surface area contributed by atoms with Crippen molar-refractivity contribution >= 4 is 5.97 Å². The predicted octanol–water partition coefficient (Wildman–Crippen LogP) is 0.123. The molecule has 0 aromatic carbocycles. The first-order valence-corrected chi connectivity index (χ1v) is 4.19. The molecule has 1 saturated carbocycles.